The monoisotopic (exact) mass is 424 g/mol. The van der Waals surface area contributed by atoms with Crippen LogP contribution in [0, 0.1) is 13.8 Å². The Labute approximate surface area is 180 Å². The lowest BCUT2D eigenvalue weighted by Gasteiger charge is -2.33. The quantitative estimate of drug-likeness (QED) is 0.666. The molecular weight excluding hydrogens is 396 g/mol. The number of nitrogens with zero attached hydrogens (tertiary/aromatic N) is 5. The van der Waals surface area contributed by atoms with Crippen LogP contribution in [-0.4, -0.2) is 69.1 Å². The highest BCUT2D eigenvalue weighted by Gasteiger charge is 2.32. The fraction of sp³-hybridized carbons (Fsp3) is 0.545. The predicted molar refractivity (Wildman–Crippen MR) is 115 cm³/mol. The second kappa shape index (κ2) is 8.49. The fourth-order valence-electron chi connectivity index (χ4n) is 4.55. The zero-order valence-electron chi connectivity index (χ0n) is 18.0. The van der Waals surface area contributed by atoms with E-state index in [1.54, 1.807) is 4.68 Å². The summed E-state index contributed by atoms with van der Waals surface area (Å²) in [5.41, 5.74) is 3.73. The molecule has 0 bridgehead atoms. The smallest absolute Gasteiger partial charge is 0.253 e. The summed E-state index contributed by atoms with van der Waals surface area (Å²) in [6.45, 7) is 8.16. The minimum atomic E-state index is -0.352. The number of aromatic amines is 1. The molecule has 1 aromatic carbocycles. The zero-order chi connectivity index (χ0) is 21.4. The van der Waals surface area contributed by atoms with Gasteiger partial charge in [-0.3, -0.25) is 9.69 Å². The molecule has 2 fully saturated rings. The average molecular weight is 425 g/mol. The maximum absolute atomic E-state index is 13.2. The summed E-state index contributed by atoms with van der Waals surface area (Å²) in [6, 6.07) is 5.79. The second-order valence-corrected chi connectivity index (χ2v) is 8.48. The van der Waals surface area contributed by atoms with Crippen molar-refractivity contribution in [3.05, 3.63) is 51.1 Å². The van der Waals surface area contributed by atoms with Crippen LogP contribution in [0.5, 0.6) is 0 Å². The van der Waals surface area contributed by atoms with Crippen LogP contribution in [-0.2, 0) is 16.0 Å². The summed E-state index contributed by atoms with van der Waals surface area (Å²) in [4.78, 5) is 18.6. The summed E-state index contributed by atoms with van der Waals surface area (Å²) in [5, 5.41) is 13.6. The lowest BCUT2D eigenvalue weighted by molar-refractivity contribution is 0.0205. The topological polar surface area (TPSA) is 98.2 Å². The van der Waals surface area contributed by atoms with Crippen molar-refractivity contribution in [1.29, 1.82) is 0 Å². The summed E-state index contributed by atoms with van der Waals surface area (Å²) >= 11 is 0. The van der Waals surface area contributed by atoms with Gasteiger partial charge in [0.05, 0.1) is 25.9 Å². The first-order chi connectivity index (χ1) is 15.1. The van der Waals surface area contributed by atoms with Crippen molar-refractivity contribution < 1.29 is 9.47 Å². The van der Waals surface area contributed by atoms with E-state index in [1.807, 2.05) is 12.1 Å². The number of morpholine rings is 1. The summed E-state index contributed by atoms with van der Waals surface area (Å²) in [6.07, 6.45) is 2.16. The molecule has 5 rings (SSSR count). The van der Waals surface area contributed by atoms with Gasteiger partial charge in [-0.1, -0.05) is 0 Å². The van der Waals surface area contributed by atoms with Gasteiger partial charge in [0.2, 0.25) is 0 Å². The van der Waals surface area contributed by atoms with E-state index < -0.39 is 0 Å². The van der Waals surface area contributed by atoms with Gasteiger partial charge in [0, 0.05) is 30.8 Å². The number of aryl methyl sites for hydroxylation is 2. The summed E-state index contributed by atoms with van der Waals surface area (Å²) in [5.74, 6) is 0.672. The van der Waals surface area contributed by atoms with Crippen LogP contribution >= 0.6 is 0 Å². The van der Waals surface area contributed by atoms with E-state index in [1.165, 1.54) is 5.56 Å². The molecule has 3 aromatic rings. The minimum absolute atomic E-state index is 0.105. The number of H-pyrrole nitrogens is 1. The maximum atomic E-state index is 13.2. The molecule has 2 atom stereocenters. The first kappa shape index (κ1) is 20.3. The molecule has 1 N–H and O–H groups in total. The Balaban J connectivity index is 1.61. The van der Waals surface area contributed by atoms with Gasteiger partial charge in [-0.05, 0) is 71.8 Å². The Morgan fingerprint density at radius 3 is 2.74 bits per heavy atom. The van der Waals surface area contributed by atoms with Crippen molar-refractivity contribution >= 4 is 10.9 Å². The molecule has 9 nitrogen and oxygen atoms in total. The number of nitrogens with one attached hydrogen (secondary N) is 1. The molecule has 0 radical (unpaired) electrons. The maximum Gasteiger partial charge on any atom is 0.253 e. The first-order valence-corrected chi connectivity index (χ1v) is 10.9. The molecule has 0 aliphatic carbocycles. The van der Waals surface area contributed by atoms with Crippen LogP contribution < -0.4 is 5.56 Å². The van der Waals surface area contributed by atoms with Gasteiger partial charge in [-0.25, -0.2) is 4.68 Å². The Morgan fingerprint density at radius 1 is 1.16 bits per heavy atom. The number of benzene rings is 1. The molecule has 2 aliphatic heterocycles. The lowest BCUT2D eigenvalue weighted by atomic mass is 10.0. The second-order valence-electron chi connectivity index (χ2n) is 8.48. The van der Waals surface area contributed by atoms with Crippen LogP contribution in [0.25, 0.3) is 10.9 Å². The standard InChI is InChI=1S/C22H28N6O3/c1-14-10-16-12-18(22(29)23-19(16)11-15(14)2)20(27-5-8-30-9-6-27)21-24-25-26-28(21)13-17-4-3-7-31-17/h10-12,17,20H,3-9,13H2,1-2H3,(H,23,29)/t17-,20+/m0/s1. The van der Waals surface area contributed by atoms with Crippen molar-refractivity contribution in [2.45, 2.75) is 45.4 Å². The first-order valence-electron chi connectivity index (χ1n) is 10.9. The van der Waals surface area contributed by atoms with E-state index in [9.17, 15) is 4.79 Å². The zero-order valence-corrected chi connectivity index (χ0v) is 18.0. The van der Waals surface area contributed by atoms with Crippen molar-refractivity contribution in [2.24, 2.45) is 0 Å². The van der Waals surface area contributed by atoms with E-state index in [0.717, 1.165) is 35.9 Å². The predicted octanol–water partition coefficient (Wildman–Crippen LogP) is 1.73. The number of hydrogen-bond acceptors (Lipinski definition) is 7. The minimum Gasteiger partial charge on any atom is -0.379 e. The Bertz CT molecular complexity index is 1130. The number of ether oxygens (including phenoxy) is 2. The van der Waals surface area contributed by atoms with E-state index in [0.29, 0.717) is 44.2 Å². The van der Waals surface area contributed by atoms with Gasteiger partial charge in [-0.2, -0.15) is 0 Å². The van der Waals surface area contributed by atoms with Crippen LogP contribution in [0.3, 0.4) is 0 Å². The van der Waals surface area contributed by atoms with E-state index in [2.05, 4.69) is 45.3 Å². The van der Waals surface area contributed by atoms with Crippen molar-refractivity contribution in [3.8, 4) is 0 Å². The molecule has 2 aliphatic rings. The fourth-order valence-corrected chi connectivity index (χ4v) is 4.55. The molecule has 2 saturated heterocycles. The lowest BCUT2D eigenvalue weighted by Crippen LogP contribution is -2.42. The summed E-state index contributed by atoms with van der Waals surface area (Å²) in [7, 11) is 0. The van der Waals surface area contributed by atoms with Gasteiger partial charge in [0.25, 0.3) is 5.56 Å². The number of fused-ring (bicyclic) bond motifs is 1. The Hall–Kier alpha value is -2.62. The van der Waals surface area contributed by atoms with Crippen LogP contribution in [0.1, 0.15) is 41.4 Å². The van der Waals surface area contributed by atoms with E-state index in [-0.39, 0.29) is 17.7 Å². The molecular formula is C22H28N6O3. The molecule has 2 aromatic heterocycles. The third kappa shape index (κ3) is 4.00. The highest BCUT2D eigenvalue weighted by atomic mass is 16.5. The van der Waals surface area contributed by atoms with Gasteiger partial charge < -0.3 is 14.5 Å². The number of pyridine rings is 1. The van der Waals surface area contributed by atoms with Gasteiger partial charge in [-0.15, -0.1) is 5.10 Å². The number of rotatable bonds is 5. The molecule has 0 amide bonds. The molecule has 0 saturated carbocycles. The SMILES string of the molecule is Cc1cc2cc([C@H](c3nnnn3C[C@@H]3CCCO3)N3CCOCC3)c(=O)[nH]c2cc1C. The molecule has 0 unspecified atom stereocenters. The molecule has 164 valence electrons. The third-order valence-electron chi connectivity index (χ3n) is 6.40. The number of hydrogen-bond donors (Lipinski definition) is 1. The number of aromatic nitrogens is 5. The van der Waals surface area contributed by atoms with Crippen molar-refractivity contribution in [1.82, 2.24) is 30.1 Å². The molecule has 0 spiro atoms. The van der Waals surface area contributed by atoms with Gasteiger partial charge >= 0.3 is 0 Å². The van der Waals surface area contributed by atoms with Crippen LogP contribution in [0.2, 0.25) is 0 Å². The highest BCUT2D eigenvalue weighted by molar-refractivity contribution is 5.81. The summed E-state index contributed by atoms with van der Waals surface area (Å²) < 4.78 is 13.2. The molecule has 4 heterocycles. The van der Waals surface area contributed by atoms with Crippen LogP contribution in [0.15, 0.2) is 23.0 Å². The Kier molecular flexibility index (Phi) is 5.56. The Morgan fingerprint density at radius 2 is 1.97 bits per heavy atom. The van der Waals surface area contributed by atoms with Gasteiger partial charge in [0.15, 0.2) is 5.82 Å². The normalized spacial score (nSPS) is 21.0. The molecule has 31 heavy (non-hydrogen) atoms. The van der Waals surface area contributed by atoms with E-state index >= 15 is 0 Å². The third-order valence-corrected chi connectivity index (χ3v) is 6.40. The van der Waals surface area contributed by atoms with Crippen molar-refractivity contribution in [3.63, 3.8) is 0 Å². The number of tetrazole rings is 1. The van der Waals surface area contributed by atoms with Crippen LogP contribution in [0.4, 0.5) is 0 Å². The van der Waals surface area contributed by atoms with Crippen molar-refractivity contribution in [2.75, 3.05) is 32.9 Å². The van der Waals surface area contributed by atoms with Gasteiger partial charge in [0.1, 0.15) is 6.04 Å². The van der Waals surface area contributed by atoms with E-state index in [4.69, 9.17) is 9.47 Å². The molecule has 9 heteroatoms. The average Bonchev–Trinajstić information content (AvgIpc) is 3.44. The largest absolute Gasteiger partial charge is 0.379 e. The highest BCUT2D eigenvalue weighted by Crippen LogP contribution is 2.28.